The highest BCUT2D eigenvalue weighted by molar-refractivity contribution is 14.0. The zero-order valence-electron chi connectivity index (χ0n) is 16.1. The zero-order chi connectivity index (χ0) is 18.1. The number of anilines is 1. The van der Waals surface area contributed by atoms with E-state index in [2.05, 4.69) is 73.4 Å². The first-order valence-electron chi connectivity index (χ1n) is 8.79. The molecular weight excluding hydrogens is 441 g/mol. The number of aliphatic imine (C=N–C) groups is 1. The largest absolute Gasteiger partial charge is 0.378 e. The Morgan fingerprint density at radius 3 is 2.50 bits per heavy atom. The van der Waals surface area contributed by atoms with Gasteiger partial charge in [-0.1, -0.05) is 19.1 Å². The Morgan fingerprint density at radius 2 is 1.88 bits per heavy atom. The van der Waals surface area contributed by atoms with E-state index in [1.165, 1.54) is 11.3 Å². The van der Waals surface area contributed by atoms with Crippen LogP contribution in [0, 0.1) is 0 Å². The van der Waals surface area contributed by atoms with Crippen molar-refractivity contribution in [2.45, 2.75) is 33.4 Å². The van der Waals surface area contributed by atoms with E-state index in [9.17, 15) is 0 Å². The fourth-order valence-corrected chi connectivity index (χ4v) is 2.45. The Balaban J connectivity index is 0.00000338. The van der Waals surface area contributed by atoms with Crippen molar-refractivity contribution in [2.75, 3.05) is 32.1 Å². The summed E-state index contributed by atoms with van der Waals surface area (Å²) in [5.74, 6) is 1.83. The molecule has 0 atom stereocenters. The van der Waals surface area contributed by atoms with Crippen molar-refractivity contribution in [3.63, 3.8) is 0 Å². The van der Waals surface area contributed by atoms with Gasteiger partial charge in [0.25, 0.3) is 0 Å². The van der Waals surface area contributed by atoms with Crippen molar-refractivity contribution >= 4 is 35.6 Å². The summed E-state index contributed by atoms with van der Waals surface area (Å²) in [6, 6.07) is 8.47. The topological polar surface area (TPSA) is 70.4 Å². The van der Waals surface area contributed by atoms with E-state index in [-0.39, 0.29) is 24.0 Å². The summed E-state index contributed by atoms with van der Waals surface area (Å²) in [6.45, 7) is 7.22. The zero-order valence-corrected chi connectivity index (χ0v) is 18.4. The maximum Gasteiger partial charge on any atom is 0.191 e. The lowest BCUT2D eigenvalue weighted by Gasteiger charge is -2.13. The van der Waals surface area contributed by atoms with E-state index in [0.717, 1.165) is 37.8 Å². The van der Waals surface area contributed by atoms with Gasteiger partial charge in [-0.05, 0) is 24.6 Å². The molecule has 1 aromatic carbocycles. The minimum absolute atomic E-state index is 0. The van der Waals surface area contributed by atoms with Crippen LogP contribution in [0.25, 0.3) is 0 Å². The maximum absolute atomic E-state index is 4.66. The summed E-state index contributed by atoms with van der Waals surface area (Å²) in [4.78, 5) is 6.75. The first kappa shape index (κ1) is 22.2. The highest BCUT2D eigenvalue weighted by atomic mass is 127. The Kier molecular flexibility index (Phi) is 10.0. The highest BCUT2D eigenvalue weighted by Crippen LogP contribution is 2.12. The van der Waals surface area contributed by atoms with Gasteiger partial charge < -0.3 is 20.1 Å². The van der Waals surface area contributed by atoms with Gasteiger partial charge in [-0.3, -0.25) is 0 Å². The molecule has 8 heteroatoms. The molecule has 0 amide bonds. The number of nitrogens with zero attached hydrogens (tertiary/aromatic N) is 5. The molecule has 1 aromatic heterocycles. The Morgan fingerprint density at radius 1 is 1.15 bits per heavy atom. The average molecular weight is 471 g/mol. The molecule has 0 aliphatic carbocycles. The van der Waals surface area contributed by atoms with Crippen LogP contribution in [0.2, 0.25) is 0 Å². The summed E-state index contributed by atoms with van der Waals surface area (Å²) in [5, 5.41) is 14.7. The molecule has 0 fully saturated rings. The molecule has 26 heavy (non-hydrogen) atoms. The van der Waals surface area contributed by atoms with Crippen LogP contribution in [0.4, 0.5) is 5.69 Å². The van der Waals surface area contributed by atoms with E-state index in [0.29, 0.717) is 6.54 Å². The Bertz CT molecular complexity index is 664. The van der Waals surface area contributed by atoms with Crippen LogP contribution in [0.15, 0.2) is 35.6 Å². The fourth-order valence-electron chi connectivity index (χ4n) is 2.45. The third-order valence-electron chi connectivity index (χ3n) is 3.87. The minimum atomic E-state index is 0. The normalized spacial score (nSPS) is 11.0. The number of rotatable bonds is 8. The second-order valence-corrected chi connectivity index (χ2v) is 5.98. The maximum atomic E-state index is 4.66. The van der Waals surface area contributed by atoms with Gasteiger partial charge >= 0.3 is 0 Å². The van der Waals surface area contributed by atoms with Gasteiger partial charge in [0.15, 0.2) is 5.96 Å². The van der Waals surface area contributed by atoms with Gasteiger partial charge in [0.05, 0.1) is 6.54 Å². The van der Waals surface area contributed by atoms with Crippen LogP contribution < -0.4 is 15.5 Å². The molecular formula is C18H30IN7. The van der Waals surface area contributed by atoms with Crippen LogP contribution in [0.3, 0.4) is 0 Å². The van der Waals surface area contributed by atoms with E-state index in [4.69, 9.17) is 0 Å². The molecule has 0 unspecified atom stereocenters. The number of guanidine groups is 1. The molecule has 2 rings (SSSR count). The fraction of sp³-hybridized carbons (Fsp3) is 0.500. The summed E-state index contributed by atoms with van der Waals surface area (Å²) in [6.07, 6.45) is 2.66. The monoisotopic (exact) mass is 471 g/mol. The lowest BCUT2D eigenvalue weighted by atomic mass is 10.2. The summed E-state index contributed by atoms with van der Waals surface area (Å²) >= 11 is 0. The van der Waals surface area contributed by atoms with Crippen molar-refractivity contribution in [1.82, 2.24) is 25.4 Å². The van der Waals surface area contributed by atoms with Crippen molar-refractivity contribution < 1.29 is 0 Å². The van der Waals surface area contributed by atoms with Gasteiger partial charge in [0.1, 0.15) is 12.2 Å². The number of aromatic nitrogens is 3. The first-order chi connectivity index (χ1) is 12.1. The predicted octanol–water partition coefficient (Wildman–Crippen LogP) is 2.28. The van der Waals surface area contributed by atoms with E-state index < -0.39 is 0 Å². The minimum Gasteiger partial charge on any atom is -0.378 e. The Labute approximate surface area is 173 Å². The molecule has 2 aromatic rings. The van der Waals surface area contributed by atoms with Crippen LogP contribution in [-0.4, -0.2) is 47.9 Å². The molecule has 0 radical (unpaired) electrons. The van der Waals surface area contributed by atoms with Crippen LogP contribution in [0.5, 0.6) is 0 Å². The number of hydrogen-bond donors (Lipinski definition) is 2. The molecule has 0 bridgehead atoms. The van der Waals surface area contributed by atoms with Crippen LogP contribution >= 0.6 is 24.0 Å². The average Bonchev–Trinajstić information content (AvgIpc) is 3.07. The second-order valence-electron chi connectivity index (χ2n) is 5.98. The number of aryl methyl sites for hydroxylation is 1. The van der Waals surface area contributed by atoms with Crippen LogP contribution in [0.1, 0.15) is 25.2 Å². The lowest BCUT2D eigenvalue weighted by molar-refractivity contribution is 0.632. The molecule has 0 aliphatic heterocycles. The second kappa shape index (κ2) is 11.7. The number of benzene rings is 1. The van der Waals surface area contributed by atoms with Gasteiger partial charge in [-0.25, -0.2) is 4.99 Å². The molecule has 2 N–H and O–H groups in total. The first-order valence-corrected chi connectivity index (χ1v) is 8.79. The molecule has 144 valence electrons. The summed E-state index contributed by atoms with van der Waals surface area (Å²) in [7, 11) is 4.08. The number of halogens is 1. The highest BCUT2D eigenvalue weighted by Gasteiger charge is 2.02. The van der Waals surface area contributed by atoms with Crippen LogP contribution in [-0.2, 0) is 19.5 Å². The van der Waals surface area contributed by atoms with E-state index in [1.54, 1.807) is 6.33 Å². The lowest BCUT2D eigenvalue weighted by Crippen LogP contribution is -2.38. The SMILES string of the molecule is CCNC(=NCc1ccc(N(C)C)cc1)NCCn1cnnc1CC.I. The van der Waals surface area contributed by atoms with Crippen molar-refractivity contribution in [3.8, 4) is 0 Å². The third kappa shape index (κ3) is 6.81. The molecule has 0 spiro atoms. The smallest absolute Gasteiger partial charge is 0.191 e. The van der Waals surface area contributed by atoms with E-state index in [1.807, 2.05) is 14.1 Å². The van der Waals surface area contributed by atoms with Gasteiger partial charge in [-0.2, -0.15) is 0 Å². The van der Waals surface area contributed by atoms with Gasteiger partial charge in [-0.15, -0.1) is 34.2 Å². The molecule has 7 nitrogen and oxygen atoms in total. The third-order valence-corrected chi connectivity index (χ3v) is 3.87. The van der Waals surface area contributed by atoms with Gasteiger partial charge in [0, 0.05) is 45.8 Å². The molecule has 0 aliphatic rings. The molecule has 0 saturated heterocycles. The van der Waals surface area contributed by atoms with Gasteiger partial charge in [0.2, 0.25) is 0 Å². The number of nitrogens with one attached hydrogen (secondary N) is 2. The standard InChI is InChI=1S/C18H29N7.HI/c1-5-17-23-22-14-25(17)12-11-20-18(19-6-2)21-13-15-7-9-16(10-8-15)24(3)4;/h7-10,14H,5-6,11-13H2,1-4H3,(H2,19,20,21);1H. The van der Waals surface area contributed by atoms with Crippen molar-refractivity contribution in [2.24, 2.45) is 4.99 Å². The predicted molar refractivity (Wildman–Crippen MR) is 118 cm³/mol. The quantitative estimate of drug-likeness (QED) is 0.351. The number of hydrogen-bond acceptors (Lipinski definition) is 4. The molecule has 0 saturated carbocycles. The van der Waals surface area contributed by atoms with Crippen molar-refractivity contribution in [3.05, 3.63) is 42.0 Å². The molecule has 1 heterocycles. The Hall–Kier alpha value is -1.84. The summed E-state index contributed by atoms with van der Waals surface area (Å²) in [5.41, 5.74) is 2.38. The van der Waals surface area contributed by atoms with Crippen molar-refractivity contribution in [1.29, 1.82) is 0 Å². The van der Waals surface area contributed by atoms with E-state index >= 15 is 0 Å². The summed E-state index contributed by atoms with van der Waals surface area (Å²) < 4.78 is 2.07.